The van der Waals surface area contributed by atoms with Crippen LogP contribution in [0.2, 0.25) is 0 Å². The summed E-state index contributed by atoms with van der Waals surface area (Å²) in [4.78, 5) is 13.8. The van der Waals surface area contributed by atoms with Crippen LogP contribution in [0.4, 0.5) is 5.82 Å². The maximum atomic E-state index is 6.04. The quantitative estimate of drug-likeness (QED) is 0.832. The number of rotatable bonds is 3. The van der Waals surface area contributed by atoms with Crippen LogP contribution in [0, 0.1) is 11.3 Å². The van der Waals surface area contributed by atoms with E-state index in [2.05, 4.69) is 19.8 Å². The standard InChI is InChI=1S/C19H30N4O2/c1-4-19(14-22(7-1)13-17-2-9-24-10-3-17)15-23(8-11-25-16-19)18-12-20-5-6-21-18/h5-6,12,17H,1-4,7-11,13-16H2/t19-/m0/s1. The zero-order chi connectivity index (χ0) is 17.0. The largest absolute Gasteiger partial charge is 0.381 e. The van der Waals surface area contributed by atoms with Gasteiger partial charge >= 0.3 is 0 Å². The molecule has 0 radical (unpaired) electrons. The highest BCUT2D eigenvalue weighted by Gasteiger charge is 2.39. The first-order valence-electron chi connectivity index (χ1n) is 9.72. The average Bonchev–Trinajstić information content (AvgIpc) is 2.86. The first-order valence-corrected chi connectivity index (χ1v) is 9.72. The first-order chi connectivity index (χ1) is 12.3. The highest BCUT2D eigenvalue weighted by Crippen LogP contribution is 2.34. The van der Waals surface area contributed by atoms with Gasteiger partial charge in [0.2, 0.25) is 0 Å². The number of piperidine rings is 1. The molecule has 1 aromatic rings. The number of aromatic nitrogens is 2. The second kappa shape index (κ2) is 7.98. The van der Waals surface area contributed by atoms with Gasteiger partial charge in [0.25, 0.3) is 0 Å². The lowest BCUT2D eigenvalue weighted by atomic mass is 9.79. The molecule has 3 fully saturated rings. The van der Waals surface area contributed by atoms with Gasteiger partial charge in [-0.2, -0.15) is 0 Å². The van der Waals surface area contributed by atoms with E-state index in [1.54, 1.807) is 12.4 Å². The molecule has 0 bridgehead atoms. The van der Waals surface area contributed by atoms with Crippen LogP contribution in [0.15, 0.2) is 18.6 Å². The summed E-state index contributed by atoms with van der Waals surface area (Å²) in [6, 6.07) is 0. The van der Waals surface area contributed by atoms with E-state index in [0.29, 0.717) is 0 Å². The Balaban J connectivity index is 1.43. The summed E-state index contributed by atoms with van der Waals surface area (Å²) in [5, 5.41) is 0. The lowest BCUT2D eigenvalue weighted by molar-refractivity contribution is -0.00279. The summed E-state index contributed by atoms with van der Waals surface area (Å²) < 4.78 is 11.6. The lowest BCUT2D eigenvalue weighted by Gasteiger charge is -2.44. The molecule has 1 spiro atoms. The molecule has 0 saturated carbocycles. The number of nitrogens with zero attached hydrogens (tertiary/aromatic N) is 4. The van der Waals surface area contributed by atoms with Crippen molar-refractivity contribution in [3.8, 4) is 0 Å². The van der Waals surface area contributed by atoms with Gasteiger partial charge in [-0.3, -0.25) is 4.98 Å². The van der Waals surface area contributed by atoms with Crippen LogP contribution < -0.4 is 4.90 Å². The van der Waals surface area contributed by atoms with E-state index in [1.807, 2.05) is 6.20 Å². The van der Waals surface area contributed by atoms with Crippen molar-refractivity contribution in [2.24, 2.45) is 11.3 Å². The molecule has 0 N–H and O–H groups in total. The fourth-order valence-corrected chi connectivity index (χ4v) is 4.65. The third-order valence-corrected chi connectivity index (χ3v) is 5.91. The van der Waals surface area contributed by atoms with Crippen LogP contribution in [-0.2, 0) is 9.47 Å². The summed E-state index contributed by atoms with van der Waals surface area (Å²) in [5.74, 6) is 1.78. The van der Waals surface area contributed by atoms with Gasteiger partial charge in [0.15, 0.2) is 0 Å². The molecule has 25 heavy (non-hydrogen) atoms. The van der Waals surface area contributed by atoms with Gasteiger partial charge in [-0.1, -0.05) is 0 Å². The van der Waals surface area contributed by atoms with Gasteiger partial charge in [0, 0.05) is 57.2 Å². The molecule has 6 heteroatoms. The SMILES string of the molecule is c1cnc(N2CCOC[C@]3(CCCN(CC4CCOCC4)C3)C2)cn1. The van der Waals surface area contributed by atoms with Gasteiger partial charge in [-0.15, -0.1) is 0 Å². The Bertz CT molecular complexity index is 537. The molecular formula is C19H30N4O2. The minimum absolute atomic E-state index is 0.220. The fraction of sp³-hybridized carbons (Fsp3) is 0.789. The Morgan fingerprint density at radius 2 is 2.00 bits per heavy atom. The minimum Gasteiger partial charge on any atom is -0.381 e. The number of hydrogen-bond donors (Lipinski definition) is 0. The molecule has 6 nitrogen and oxygen atoms in total. The van der Waals surface area contributed by atoms with Crippen molar-refractivity contribution in [2.45, 2.75) is 25.7 Å². The highest BCUT2D eigenvalue weighted by atomic mass is 16.5. The molecule has 0 aliphatic carbocycles. The first kappa shape index (κ1) is 17.2. The molecule has 138 valence electrons. The normalized spacial score (nSPS) is 29.7. The van der Waals surface area contributed by atoms with Gasteiger partial charge in [0.1, 0.15) is 5.82 Å². The summed E-state index contributed by atoms with van der Waals surface area (Å²) >= 11 is 0. The number of likely N-dealkylation sites (tertiary alicyclic amines) is 1. The van der Waals surface area contributed by atoms with Crippen molar-refractivity contribution in [2.75, 3.05) is 64.1 Å². The van der Waals surface area contributed by atoms with Gasteiger partial charge < -0.3 is 19.3 Å². The van der Waals surface area contributed by atoms with Crippen molar-refractivity contribution in [1.82, 2.24) is 14.9 Å². The van der Waals surface area contributed by atoms with E-state index in [9.17, 15) is 0 Å². The molecule has 0 amide bonds. The van der Waals surface area contributed by atoms with Crippen LogP contribution in [0.3, 0.4) is 0 Å². The average molecular weight is 346 g/mol. The summed E-state index contributed by atoms with van der Waals surface area (Å²) in [6.45, 7) is 9.03. The molecule has 4 heterocycles. The highest BCUT2D eigenvalue weighted by molar-refractivity contribution is 5.36. The smallest absolute Gasteiger partial charge is 0.147 e. The van der Waals surface area contributed by atoms with Crippen LogP contribution in [0.25, 0.3) is 0 Å². The van der Waals surface area contributed by atoms with Crippen molar-refractivity contribution < 1.29 is 9.47 Å². The fourth-order valence-electron chi connectivity index (χ4n) is 4.65. The predicted octanol–water partition coefficient (Wildman–Crippen LogP) is 1.82. The Morgan fingerprint density at radius 1 is 1.08 bits per heavy atom. The van der Waals surface area contributed by atoms with E-state index < -0.39 is 0 Å². The Labute approximate surface area is 150 Å². The van der Waals surface area contributed by atoms with E-state index >= 15 is 0 Å². The van der Waals surface area contributed by atoms with Crippen LogP contribution in [0.5, 0.6) is 0 Å². The van der Waals surface area contributed by atoms with Gasteiger partial charge in [0.05, 0.1) is 19.4 Å². The summed E-state index contributed by atoms with van der Waals surface area (Å²) in [7, 11) is 0. The van der Waals surface area contributed by atoms with Crippen molar-refractivity contribution in [3.63, 3.8) is 0 Å². The van der Waals surface area contributed by atoms with E-state index in [1.165, 1.54) is 38.8 Å². The van der Waals surface area contributed by atoms with Crippen LogP contribution >= 0.6 is 0 Å². The van der Waals surface area contributed by atoms with Crippen molar-refractivity contribution in [1.29, 1.82) is 0 Å². The molecule has 1 atom stereocenters. The topological polar surface area (TPSA) is 50.7 Å². The second-order valence-corrected chi connectivity index (χ2v) is 7.93. The zero-order valence-electron chi connectivity index (χ0n) is 15.1. The van der Waals surface area contributed by atoms with Crippen LogP contribution in [0.1, 0.15) is 25.7 Å². The molecule has 0 aromatic carbocycles. The lowest BCUT2D eigenvalue weighted by Crippen LogP contribution is -2.51. The number of anilines is 1. The van der Waals surface area contributed by atoms with Gasteiger partial charge in [-0.25, -0.2) is 4.98 Å². The van der Waals surface area contributed by atoms with E-state index in [-0.39, 0.29) is 5.41 Å². The Kier molecular flexibility index (Phi) is 5.48. The molecule has 3 saturated heterocycles. The third-order valence-electron chi connectivity index (χ3n) is 5.91. The summed E-state index contributed by atoms with van der Waals surface area (Å²) in [5.41, 5.74) is 0.220. The van der Waals surface area contributed by atoms with E-state index in [4.69, 9.17) is 9.47 Å². The van der Waals surface area contributed by atoms with Crippen molar-refractivity contribution >= 4 is 5.82 Å². The van der Waals surface area contributed by atoms with Crippen LogP contribution in [-0.4, -0.2) is 74.0 Å². The Hall–Kier alpha value is -1.24. The van der Waals surface area contributed by atoms with E-state index in [0.717, 1.165) is 57.8 Å². The molecule has 1 aromatic heterocycles. The summed E-state index contributed by atoms with van der Waals surface area (Å²) in [6.07, 6.45) is 10.3. The monoisotopic (exact) mass is 346 g/mol. The Morgan fingerprint density at radius 3 is 2.84 bits per heavy atom. The third kappa shape index (κ3) is 4.30. The maximum Gasteiger partial charge on any atom is 0.147 e. The maximum absolute atomic E-state index is 6.04. The molecule has 0 unspecified atom stereocenters. The molecule has 3 aliphatic heterocycles. The number of ether oxygens (including phenoxy) is 2. The second-order valence-electron chi connectivity index (χ2n) is 7.93. The molecule has 3 aliphatic rings. The zero-order valence-corrected chi connectivity index (χ0v) is 15.1. The van der Waals surface area contributed by atoms with Crippen molar-refractivity contribution in [3.05, 3.63) is 18.6 Å². The number of hydrogen-bond acceptors (Lipinski definition) is 6. The minimum atomic E-state index is 0.220. The predicted molar refractivity (Wildman–Crippen MR) is 96.7 cm³/mol. The van der Waals surface area contributed by atoms with Gasteiger partial charge in [-0.05, 0) is 38.1 Å². The molecule has 4 rings (SSSR count). The molecular weight excluding hydrogens is 316 g/mol.